The number of fused-ring (bicyclic) bond motifs is 2. The third-order valence-electron chi connectivity index (χ3n) is 8.60. The molecule has 0 fully saturated rings. The number of rotatable bonds is 11. The standard InChI is InChI=1S/C40H42N4O4/c1-39(2,3)25-44-35-22-30(48-24-29-16-15-27-9-7-8-10-33(27)41-29)17-18-31(35)32(36(44)23-40(4,5)38(45)46)21-26-11-13-28(14-12-26)34-19-20-37(47-6)43-42-34/h7-20,22H,21,23-25H2,1-6H3,(H,45,46). The van der Waals surface area contributed by atoms with Crippen molar-refractivity contribution in [2.75, 3.05) is 7.11 Å². The smallest absolute Gasteiger partial charge is 0.309 e. The highest BCUT2D eigenvalue weighted by Crippen LogP contribution is 2.37. The molecule has 48 heavy (non-hydrogen) atoms. The number of para-hydroxylation sites is 1. The van der Waals surface area contributed by atoms with Gasteiger partial charge in [-0.25, -0.2) is 4.98 Å². The van der Waals surface area contributed by atoms with Gasteiger partial charge in [0.05, 0.1) is 34.9 Å². The van der Waals surface area contributed by atoms with Crippen LogP contribution in [0.1, 0.15) is 57.1 Å². The van der Waals surface area contributed by atoms with Gasteiger partial charge in [0, 0.05) is 47.1 Å². The molecule has 0 radical (unpaired) electrons. The molecule has 3 heterocycles. The Morgan fingerprint density at radius 3 is 2.33 bits per heavy atom. The van der Waals surface area contributed by atoms with Crippen LogP contribution in [0.3, 0.4) is 0 Å². The van der Waals surface area contributed by atoms with Gasteiger partial charge in [-0.3, -0.25) is 4.79 Å². The van der Waals surface area contributed by atoms with Gasteiger partial charge in [-0.2, -0.15) is 0 Å². The summed E-state index contributed by atoms with van der Waals surface area (Å²) in [4.78, 5) is 17.2. The number of hydrogen-bond acceptors (Lipinski definition) is 6. The van der Waals surface area contributed by atoms with Crippen molar-refractivity contribution in [2.45, 2.75) is 60.6 Å². The van der Waals surface area contributed by atoms with Crippen molar-refractivity contribution in [3.05, 3.63) is 114 Å². The summed E-state index contributed by atoms with van der Waals surface area (Å²) >= 11 is 0. The molecule has 0 saturated carbocycles. The minimum Gasteiger partial charge on any atom is -0.487 e. The van der Waals surface area contributed by atoms with Crippen LogP contribution in [0, 0.1) is 10.8 Å². The summed E-state index contributed by atoms with van der Waals surface area (Å²) in [7, 11) is 1.57. The first-order valence-corrected chi connectivity index (χ1v) is 16.2. The lowest BCUT2D eigenvalue weighted by Gasteiger charge is -2.26. The number of methoxy groups -OCH3 is 1. The second-order valence-corrected chi connectivity index (χ2v) is 14.2. The fourth-order valence-corrected chi connectivity index (χ4v) is 6.02. The molecule has 1 N–H and O–H groups in total. The van der Waals surface area contributed by atoms with Crippen molar-refractivity contribution in [3.8, 4) is 22.9 Å². The Kier molecular flexibility index (Phi) is 8.93. The second-order valence-electron chi connectivity index (χ2n) is 14.2. The molecule has 8 heteroatoms. The molecule has 6 aromatic rings. The van der Waals surface area contributed by atoms with Crippen LogP contribution in [0.5, 0.6) is 11.6 Å². The Balaban J connectivity index is 1.38. The number of carboxylic acid groups (broad SMARTS) is 1. The number of hydrogen-bond donors (Lipinski definition) is 1. The zero-order valence-corrected chi connectivity index (χ0v) is 28.4. The van der Waals surface area contributed by atoms with E-state index in [0.717, 1.165) is 67.9 Å². The maximum Gasteiger partial charge on any atom is 0.309 e. The van der Waals surface area contributed by atoms with Crippen molar-refractivity contribution in [1.82, 2.24) is 19.7 Å². The minimum atomic E-state index is -0.962. The molecule has 246 valence electrons. The fourth-order valence-electron chi connectivity index (χ4n) is 6.02. The van der Waals surface area contributed by atoms with Crippen LogP contribution in [0.4, 0.5) is 0 Å². The van der Waals surface area contributed by atoms with Crippen LogP contribution in [-0.4, -0.2) is 37.9 Å². The Bertz CT molecular complexity index is 2070. The number of carboxylic acids is 1. The first-order chi connectivity index (χ1) is 22.9. The van der Waals surface area contributed by atoms with Gasteiger partial charge >= 0.3 is 5.97 Å². The maximum atomic E-state index is 12.4. The molecule has 0 unspecified atom stereocenters. The topological polar surface area (TPSA) is 99.4 Å². The van der Waals surface area contributed by atoms with Gasteiger partial charge in [0.1, 0.15) is 12.4 Å². The zero-order chi connectivity index (χ0) is 34.1. The summed E-state index contributed by atoms with van der Waals surface area (Å²) < 4.78 is 13.8. The molecular weight excluding hydrogens is 600 g/mol. The van der Waals surface area contributed by atoms with Crippen LogP contribution >= 0.6 is 0 Å². The molecule has 0 aliphatic carbocycles. The van der Waals surface area contributed by atoms with E-state index in [-0.39, 0.29) is 5.41 Å². The number of ether oxygens (including phenoxy) is 2. The molecule has 6 rings (SSSR count). The van der Waals surface area contributed by atoms with E-state index in [2.05, 4.69) is 71.9 Å². The maximum absolute atomic E-state index is 12.4. The highest BCUT2D eigenvalue weighted by atomic mass is 16.5. The summed E-state index contributed by atoms with van der Waals surface area (Å²) in [6, 6.07) is 30.3. The minimum absolute atomic E-state index is 0.0573. The molecule has 0 amide bonds. The largest absolute Gasteiger partial charge is 0.487 e. The van der Waals surface area contributed by atoms with E-state index >= 15 is 0 Å². The number of carbonyl (C=O) groups is 1. The fraction of sp³-hybridized carbons (Fsp3) is 0.300. The highest BCUT2D eigenvalue weighted by Gasteiger charge is 2.32. The lowest BCUT2D eigenvalue weighted by Crippen LogP contribution is -2.29. The van der Waals surface area contributed by atoms with Crippen LogP contribution in [-0.2, 0) is 30.8 Å². The average molecular weight is 643 g/mol. The molecular formula is C40H42N4O4. The van der Waals surface area contributed by atoms with Crippen LogP contribution < -0.4 is 9.47 Å². The van der Waals surface area contributed by atoms with Gasteiger partial charge < -0.3 is 19.1 Å². The monoisotopic (exact) mass is 642 g/mol. The van der Waals surface area contributed by atoms with E-state index in [1.807, 2.05) is 48.5 Å². The average Bonchev–Trinajstić information content (AvgIpc) is 3.33. The van der Waals surface area contributed by atoms with Gasteiger partial charge in [0.25, 0.3) is 0 Å². The van der Waals surface area contributed by atoms with Gasteiger partial charge in [-0.1, -0.05) is 69.3 Å². The first kappa shape index (κ1) is 32.7. The van der Waals surface area contributed by atoms with Crippen molar-refractivity contribution >= 4 is 27.8 Å². The second kappa shape index (κ2) is 13.1. The number of pyridine rings is 1. The molecule has 0 spiro atoms. The first-order valence-electron chi connectivity index (χ1n) is 16.2. The molecule has 0 atom stereocenters. The van der Waals surface area contributed by atoms with E-state index in [1.54, 1.807) is 27.0 Å². The summed E-state index contributed by atoms with van der Waals surface area (Å²) in [5.41, 5.74) is 6.81. The van der Waals surface area contributed by atoms with Crippen LogP contribution in [0.25, 0.3) is 33.1 Å². The summed E-state index contributed by atoms with van der Waals surface area (Å²) in [5, 5.41) is 20.8. The third-order valence-corrected chi connectivity index (χ3v) is 8.60. The van der Waals surface area contributed by atoms with E-state index < -0.39 is 11.4 Å². The molecule has 0 saturated heterocycles. The third kappa shape index (κ3) is 7.18. The number of benzene rings is 3. The van der Waals surface area contributed by atoms with Crippen molar-refractivity contribution in [3.63, 3.8) is 0 Å². The highest BCUT2D eigenvalue weighted by molar-refractivity contribution is 5.88. The normalized spacial score (nSPS) is 12.0. The predicted molar refractivity (Wildman–Crippen MR) is 189 cm³/mol. The molecule has 0 aliphatic rings. The molecule has 0 bridgehead atoms. The zero-order valence-electron chi connectivity index (χ0n) is 28.4. The number of nitrogens with zero attached hydrogens (tertiary/aromatic N) is 4. The van der Waals surface area contributed by atoms with Crippen molar-refractivity contribution in [1.29, 1.82) is 0 Å². The Morgan fingerprint density at radius 2 is 1.65 bits per heavy atom. The van der Waals surface area contributed by atoms with Crippen LogP contribution in [0.15, 0.2) is 91.0 Å². The molecule has 3 aromatic carbocycles. The van der Waals surface area contributed by atoms with Gasteiger partial charge in [-0.05, 0) is 67.1 Å². The van der Waals surface area contributed by atoms with Gasteiger partial charge in [0.15, 0.2) is 0 Å². The van der Waals surface area contributed by atoms with E-state index in [0.29, 0.717) is 25.3 Å². The van der Waals surface area contributed by atoms with Gasteiger partial charge in [-0.15, -0.1) is 10.2 Å². The summed E-state index contributed by atoms with van der Waals surface area (Å²) in [5.74, 6) is 0.390. The van der Waals surface area contributed by atoms with Crippen LogP contribution in [0.2, 0.25) is 0 Å². The van der Waals surface area contributed by atoms with Crippen molar-refractivity contribution < 1.29 is 19.4 Å². The number of aromatic nitrogens is 4. The van der Waals surface area contributed by atoms with E-state index in [4.69, 9.17) is 14.5 Å². The Morgan fingerprint density at radius 1 is 0.875 bits per heavy atom. The Labute approximate surface area is 281 Å². The molecule has 3 aromatic heterocycles. The van der Waals surface area contributed by atoms with E-state index in [1.165, 1.54) is 0 Å². The number of aliphatic carboxylic acids is 1. The molecule has 0 aliphatic heterocycles. The quantitative estimate of drug-likeness (QED) is 0.151. The Hall–Kier alpha value is -5.24. The predicted octanol–water partition coefficient (Wildman–Crippen LogP) is 8.52. The molecule has 8 nitrogen and oxygen atoms in total. The van der Waals surface area contributed by atoms with E-state index in [9.17, 15) is 9.90 Å². The lowest BCUT2D eigenvalue weighted by atomic mass is 9.85. The summed E-state index contributed by atoms with van der Waals surface area (Å²) in [6.45, 7) is 11.3. The van der Waals surface area contributed by atoms with Gasteiger partial charge in [0.2, 0.25) is 5.88 Å². The summed E-state index contributed by atoms with van der Waals surface area (Å²) in [6.07, 6.45) is 1.04. The lowest BCUT2D eigenvalue weighted by molar-refractivity contribution is -0.146. The van der Waals surface area contributed by atoms with Crippen molar-refractivity contribution in [2.24, 2.45) is 10.8 Å². The SMILES string of the molecule is COc1ccc(-c2ccc(Cc3c(CC(C)(C)C(=O)O)n(CC(C)(C)C)c4cc(OCc5ccc6ccccc6n5)ccc34)cc2)nn1.